The standard InChI is InChI=1S/C19H23NO3/c1-22-17-12-11-14(13-18(17)23-2)7-6-10-16(19(20)21)15-8-4-3-5-9-15/h3-5,8-9,11-13,16H,6-7,10H2,1-2H3,(H2,20,21). The van der Waals surface area contributed by atoms with Crippen LogP contribution in [-0.2, 0) is 11.2 Å². The van der Waals surface area contributed by atoms with E-state index in [0.29, 0.717) is 0 Å². The van der Waals surface area contributed by atoms with Crippen LogP contribution in [0.2, 0.25) is 0 Å². The van der Waals surface area contributed by atoms with Crippen molar-refractivity contribution in [2.75, 3.05) is 14.2 Å². The van der Waals surface area contributed by atoms with E-state index in [4.69, 9.17) is 15.2 Å². The Morgan fingerprint density at radius 1 is 1.04 bits per heavy atom. The molecular formula is C19H23NO3. The van der Waals surface area contributed by atoms with Gasteiger partial charge in [-0.15, -0.1) is 0 Å². The van der Waals surface area contributed by atoms with E-state index >= 15 is 0 Å². The van der Waals surface area contributed by atoms with Crippen LogP contribution in [-0.4, -0.2) is 20.1 Å². The van der Waals surface area contributed by atoms with Crippen LogP contribution in [0.15, 0.2) is 48.5 Å². The first-order chi connectivity index (χ1) is 11.2. The molecule has 2 aromatic rings. The highest BCUT2D eigenvalue weighted by Gasteiger charge is 2.17. The van der Waals surface area contributed by atoms with Crippen LogP contribution in [0.25, 0.3) is 0 Å². The molecule has 0 aliphatic heterocycles. The highest BCUT2D eigenvalue weighted by molar-refractivity contribution is 5.81. The van der Waals surface area contributed by atoms with Crippen LogP contribution in [0.4, 0.5) is 0 Å². The van der Waals surface area contributed by atoms with Gasteiger partial charge in [-0.25, -0.2) is 0 Å². The molecule has 1 atom stereocenters. The second-order valence-electron chi connectivity index (χ2n) is 5.45. The zero-order valence-corrected chi connectivity index (χ0v) is 13.6. The number of methoxy groups -OCH3 is 2. The summed E-state index contributed by atoms with van der Waals surface area (Å²) in [6, 6.07) is 15.6. The molecule has 23 heavy (non-hydrogen) atoms. The fraction of sp³-hybridized carbons (Fsp3) is 0.316. The van der Waals surface area contributed by atoms with Gasteiger partial charge in [0.25, 0.3) is 0 Å². The van der Waals surface area contributed by atoms with Crippen molar-refractivity contribution in [3.63, 3.8) is 0 Å². The highest BCUT2D eigenvalue weighted by Crippen LogP contribution is 2.29. The van der Waals surface area contributed by atoms with Crippen molar-refractivity contribution in [1.82, 2.24) is 0 Å². The van der Waals surface area contributed by atoms with Crippen molar-refractivity contribution < 1.29 is 14.3 Å². The molecule has 0 aliphatic rings. The van der Waals surface area contributed by atoms with Gasteiger partial charge in [0.2, 0.25) is 5.91 Å². The molecule has 0 fully saturated rings. The molecule has 2 aromatic carbocycles. The molecule has 2 rings (SSSR count). The minimum absolute atomic E-state index is 0.239. The maximum absolute atomic E-state index is 11.7. The molecule has 0 bridgehead atoms. The number of hydrogen-bond acceptors (Lipinski definition) is 3. The van der Waals surface area contributed by atoms with Crippen LogP contribution >= 0.6 is 0 Å². The van der Waals surface area contributed by atoms with E-state index < -0.39 is 0 Å². The average molecular weight is 313 g/mol. The molecule has 0 heterocycles. The molecule has 0 aromatic heterocycles. The number of nitrogens with two attached hydrogens (primary N) is 1. The predicted octanol–water partition coefficient (Wildman–Crippen LogP) is 3.30. The lowest BCUT2D eigenvalue weighted by molar-refractivity contribution is -0.119. The smallest absolute Gasteiger partial charge is 0.224 e. The molecule has 2 N–H and O–H groups in total. The fourth-order valence-corrected chi connectivity index (χ4v) is 2.70. The van der Waals surface area contributed by atoms with Crippen molar-refractivity contribution in [2.24, 2.45) is 5.73 Å². The van der Waals surface area contributed by atoms with E-state index in [0.717, 1.165) is 41.9 Å². The van der Waals surface area contributed by atoms with E-state index in [1.165, 1.54) is 0 Å². The van der Waals surface area contributed by atoms with Gasteiger partial charge in [-0.3, -0.25) is 4.79 Å². The number of hydrogen-bond donors (Lipinski definition) is 1. The molecule has 0 saturated carbocycles. The number of aryl methyl sites for hydroxylation is 1. The molecule has 122 valence electrons. The van der Waals surface area contributed by atoms with Gasteiger partial charge in [0.15, 0.2) is 11.5 Å². The molecule has 0 radical (unpaired) electrons. The van der Waals surface area contributed by atoms with Crippen molar-refractivity contribution in [1.29, 1.82) is 0 Å². The Labute approximate surface area is 137 Å². The summed E-state index contributed by atoms with van der Waals surface area (Å²) in [5.74, 6) is 0.926. The van der Waals surface area contributed by atoms with Crippen molar-refractivity contribution in [2.45, 2.75) is 25.2 Å². The lowest BCUT2D eigenvalue weighted by atomic mass is 9.92. The molecule has 0 aliphatic carbocycles. The number of rotatable bonds is 8. The Bertz CT molecular complexity index is 640. The summed E-state index contributed by atoms with van der Waals surface area (Å²) in [7, 11) is 3.25. The number of carbonyl (C=O) groups is 1. The summed E-state index contributed by atoms with van der Waals surface area (Å²) < 4.78 is 10.5. The van der Waals surface area contributed by atoms with E-state index in [2.05, 4.69) is 0 Å². The summed E-state index contributed by atoms with van der Waals surface area (Å²) >= 11 is 0. The van der Waals surface area contributed by atoms with Crippen molar-refractivity contribution in [3.8, 4) is 11.5 Å². The number of amides is 1. The Kier molecular flexibility index (Phi) is 6.03. The second kappa shape index (κ2) is 8.22. The van der Waals surface area contributed by atoms with Crippen molar-refractivity contribution in [3.05, 3.63) is 59.7 Å². The Balaban J connectivity index is 1.99. The van der Waals surface area contributed by atoms with E-state index in [1.54, 1.807) is 14.2 Å². The third-order valence-corrected chi connectivity index (χ3v) is 3.95. The summed E-state index contributed by atoms with van der Waals surface area (Å²) in [4.78, 5) is 11.7. The van der Waals surface area contributed by atoms with Crippen LogP contribution in [0, 0.1) is 0 Å². The third-order valence-electron chi connectivity index (χ3n) is 3.95. The van der Waals surface area contributed by atoms with Gasteiger partial charge in [0.1, 0.15) is 0 Å². The number of primary amides is 1. The van der Waals surface area contributed by atoms with Gasteiger partial charge < -0.3 is 15.2 Å². The molecule has 4 heteroatoms. The van der Waals surface area contributed by atoms with E-state index in [1.807, 2.05) is 48.5 Å². The zero-order chi connectivity index (χ0) is 16.7. The lowest BCUT2D eigenvalue weighted by Gasteiger charge is -2.14. The van der Waals surface area contributed by atoms with Gasteiger partial charge in [-0.05, 0) is 42.5 Å². The summed E-state index contributed by atoms with van der Waals surface area (Å²) in [6.07, 6.45) is 2.46. The quantitative estimate of drug-likeness (QED) is 0.813. The predicted molar refractivity (Wildman–Crippen MR) is 90.9 cm³/mol. The topological polar surface area (TPSA) is 61.5 Å². The lowest BCUT2D eigenvalue weighted by Crippen LogP contribution is -2.21. The van der Waals surface area contributed by atoms with Crippen LogP contribution < -0.4 is 15.2 Å². The molecule has 1 amide bonds. The summed E-state index contributed by atoms with van der Waals surface area (Å²) in [6.45, 7) is 0. The number of ether oxygens (including phenoxy) is 2. The highest BCUT2D eigenvalue weighted by atomic mass is 16.5. The SMILES string of the molecule is COc1ccc(CCCC(C(N)=O)c2ccccc2)cc1OC. The maximum Gasteiger partial charge on any atom is 0.224 e. The Hall–Kier alpha value is -2.49. The van der Waals surface area contributed by atoms with E-state index in [9.17, 15) is 4.79 Å². The second-order valence-corrected chi connectivity index (χ2v) is 5.45. The van der Waals surface area contributed by atoms with Gasteiger partial charge in [-0.2, -0.15) is 0 Å². The van der Waals surface area contributed by atoms with E-state index in [-0.39, 0.29) is 11.8 Å². The first-order valence-corrected chi connectivity index (χ1v) is 7.71. The van der Waals surface area contributed by atoms with Crippen LogP contribution in [0.3, 0.4) is 0 Å². The summed E-state index contributed by atoms with van der Waals surface area (Å²) in [5, 5.41) is 0. The molecular weight excluding hydrogens is 290 g/mol. The normalized spacial score (nSPS) is 11.7. The minimum Gasteiger partial charge on any atom is -0.493 e. The zero-order valence-electron chi connectivity index (χ0n) is 13.6. The first-order valence-electron chi connectivity index (χ1n) is 7.71. The van der Waals surface area contributed by atoms with Crippen LogP contribution in [0.5, 0.6) is 11.5 Å². The molecule has 0 saturated heterocycles. The van der Waals surface area contributed by atoms with Crippen LogP contribution in [0.1, 0.15) is 29.9 Å². The first kappa shape index (κ1) is 16.9. The molecule has 4 nitrogen and oxygen atoms in total. The summed E-state index contributed by atoms with van der Waals surface area (Å²) in [5.41, 5.74) is 7.69. The van der Waals surface area contributed by atoms with Gasteiger partial charge in [-0.1, -0.05) is 36.4 Å². The third kappa shape index (κ3) is 4.49. The van der Waals surface area contributed by atoms with Gasteiger partial charge in [0, 0.05) is 0 Å². The average Bonchev–Trinajstić information content (AvgIpc) is 2.58. The Morgan fingerprint density at radius 3 is 2.35 bits per heavy atom. The molecule has 0 spiro atoms. The molecule has 1 unspecified atom stereocenters. The number of carbonyl (C=O) groups excluding carboxylic acids is 1. The van der Waals surface area contributed by atoms with Gasteiger partial charge >= 0.3 is 0 Å². The minimum atomic E-state index is -0.275. The number of benzene rings is 2. The Morgan fingerprint density at radius 2 is 1.74 bits per heavy atom. The monoisotopic (exact) mass is 313 g/mol. The van der Waals surface area contributed by atoms with Gasteiger partial charge in [0.05, 0.1) is 20.1 Å². The van der Waals surface area contributed by atoms with Crippen molar-refractivity contribution >= 4 is 5.91 Å². The maximum atomic E-state index is 11.7. The fourth-order valence-electron chi connectivity index (χ4n) is 2.70. The largest absolute Gasteiger partial charge is 0.493 e.